The molecule has 20 heavy (non-hydrogen) atoms. The molecule has 0 spiro atoms. The number of sulfonamides is 1. The first-order valence-corrected chi connectivity index (χ1v) is 8.30. The summed E-state index contributed by atoms with van der Waals surface area (Å²) in [7, 11) is -1.91. The molecule has 2 rings (SSSR count). The number of methoxy groups -OCH3 is 1. The average Bonchev–Trinajstić information content (AvgIpc) is 2.37. The Morgan fingerprint density at radius 3 is 2.45 bits per heavy atom. The van der Waals surface area contributed by atoms with Crippen LogP contribution in [0.4, 0.5) is 0 Å². The Morgan fingerprint density at radius 2 is 1.95 bits per heavy atom. The highest BCUT2D eigenvalue weighted by molar-refractivity contribution is 7.89. The molecular formula is C14H22N2O3S. The molecule has 0 bridgehead atoms. The number of nitrogens with one attached hydrogen (secondary N) is 2. The summed E-state index contributed by atoms with van der Waals surface area (Å²) in [6, 6.07) is 3.47. The van der Waals surface area contributed by atoms with Crippen LogP contribution in [0.5, 0.6) is 5.75 Å². The fourth-order valence-electron chi connectivity index (χ4n) is 2.68. The quantitative estimate of drug-likeness (QED) is 0.880. The molecule has 0 unspecified atom stereocenters. The third-order valence-corrected chi connectivity index (χ3v) is 5.38. The molecule has 1 aromatic rings. The molecule has 1 fully saturated rings. The van der Waals surface area contributed by atoms with Crippen molar-refractivity contribution in [2.45, 2.75) is 37.6 Å². The van der Waals surface area contributed by atoms with Crippen molar-refractivity contribution in [3.05, 3.63) is 23.3 Å². The number of hydrogen-bond acceptors (Lipinski definition) is 4. The van der Waals surface area contributed by atoms with Gasteiger partial charge in [0.1, 0.15) is 5.75 Å². The lowest BCUT2D eigenvalue weighted by molar-refractivity contribution is 0.413. The molecular weight excluding hydrogens is 276 g/mol. The monoisotopic (exact) mass is 298 g/mol. The second kappa shape index (κ2) is 6.11. The van der Waals surface area contributed by atoms with Crippen LogP contribution in [0.1, 0.15) is 24.0 Å². The Balaban J connectivity index is 2.29. The number of hydrogen-bond donors (Lipinski definition) is 2. The van der Waals surface area contributed by atoms with Crippen molar-refractivity contribution in [1.82, 2.24) is 10.0 Å². The Morgan fingerprint density at radius 1 is 1.30 bits per heavy atom. The highest BCUT2D eigenvalue weighted by atomic mass is 32.2. The van der Waals surface area contributed by atoms with Crippen LogP contribution >= 0.6 is 0 Å². The van der Waals surface area contributed by atoms with E-state index in [2.05, 4.69) is 10.0 Å². The van der Waals surface area contributed by atoms with Gasteiger partial charge in [0, 0.05) is 12.6 Å². The Hall–Kier alpha value is -1.11. The standard InChI is InChI=1S/C14H22N2O3S/c1-10-7-13(19-3)8-11(2)14(10)20(17,18)16-12-5-4-6-15-9-12/h7-8,12,15-16H,4-6,9H2,1-3H3/t12-/m0/s1. The van der Waals surface area contributed by atoms with Crippen molar-refractivity contribution in [2.24, 2.45) is 0 Å². The van der Waals surface area contributed by atoms with E-state index in [0.717, 1.165) is 19.4 Å². The van der Waals surface area contributed by atoms with Gasteiger partial charge in [-0.2, -0.15) is 0 Å². The fraction of sp³-hybridized carbons (Fsp3) is 0.571. The van der Waals surface area contributed by atoms with Crippen LogP contribution in [0.25, 0.3) is 0 Å². The van der Waals surface area contributed by atoms with Gasteiger partial charge in [-0.15, -0.1) is 0 Å². The van der Waals surface area contributed by atoms with Crippen molar-refractivity contribution >= 4 is 10.0 Å². The Labute approximate surface area is 120 Å². The summed E-state index contributed by atoms with van der Waals surface area (Å²) >= 11 is 0. The predicted molar refractivity (Wildman–Crippen MR) is 78.7 cm³/mol. The number of ether oxygens (including phenoxy) is 1. The van der Waals surface area contributed by atoms with E-state index in [1.165, 1.54) is 0 Å². The minimum Gasteiger partial charge on any atom is -0.497 e. The van der Waals surface area contributed by atoms with Gasteiger partial charge in [0.25, 0.3) is 0 Å². The minimum absolute atomic E-state index is 0.0327. The summed E-state index contributed by atoms with van der Waals surface area (Å²) in [6.07, 6.45) is 1.87. The second-order valence-electron chi connectivity index (χ2n) is 5.25. The molecule has 112 valence electrons. The van der Waals surface area contributed by atoms with Gasteiger partial charge in [-0.1, -0.05) is 0 Å². The van der Waals surface area contributed by atoms with E-state index in [9.17, 15) is 8.42 Å². The molecule has 1 aromatic carbocycles. The van der Waals surface area contributed by atoms with Crippen LogP contribution in [0.3, 0.4) is 0 Å². The molecule has 0 radical (unpaired) electrons. The number of benzene rings is 1. The van der Waals surface area contributed by atoms with E-state index in [-0.39, 0.29) is 6.04 Å². The number of rotatable bonds is 4. The van der Waals surface area contributed by atoms with Gasteiger partial charge < -0.3 is 10.1 Å². The van der Waals surface area contributed by atoms with Gasteiger partial charge in [0.15, 0.2) is 0 Å². The summed E-state index contributed by atoms with van der Waals surface area (Å²) in [5.41, 5.74) is 1.41. The van der Waals surface area contributed by atoms with E-state index in [4.69, 9.17) is 4.74 Å². The molecule has 6 heteroatoms. The molecule has 1 atom stereocenters. The summed E-state index contributed by atoms with van der Waals surface area (Å²) in [6.45, 7) is 5.23. The van der Waals surface area contributed by atoms with Gasteiger partial charge in [-0.05, 0) is 56.5 Å². The van der Waals surface area contributed by atoms with Crippen LogP contribution in [0.15, 0.2) is 17.0 Å². The number of aryl methyl sites for hydroxylation is 2. The smallest absolute Gasteiger partial charge is 0.241 e. The summed E-state index contributed by atoms with van der Waals surface area (Å²) in [5.74, 6) is 0.679. The first-order chi connectivity index (χ1) is 9.44. The third-order valence-electron chi connectivity index (χ3n) is 3.56. The lowest BCUT2D eigenvalue weighted by Crippen LogP contribution is -2.45. The molecule has 0 aliphatic carbocycles. The lowest BCUT2D eigenvalue weighted by atomic mass is 10.1. The van der Waals surface area contributed by atoms with Crippen LogP contribution in [-0.2, 0) is 10.0 Å². The van der Waals surface area contributed by atoms with E-state index in [0.29, 0.717) is 28.3 Å². The molecule has 1 aliphatic heterocycles. The van der Waals surface area contributed by atoms with E-state index in [1.807, 2.05) is 0 Å². The number of piperidine rings is 1. The fourth-order valence-corrected chi connectivity index (χ4v) is 4.41. The van der Waals surface area contributed by atoms with Gasteiger partial charge in [-0.25, -0.2) is 13.1 Å². The molecule has 1 saturated heterocycles. The third kappa shape index (κ3) is 3.31. The van der Waals surface area contributed by atoms with Crippen molar-refractivity contribution < 1.29 is 13.2 Å². The van der Waals surface area contributed by atoms with Gasteiger partial charge in [0.2, 0.25) is 10.0 Å². The molecule has 0 amide bonds. The van der Waals surface area contributed by atoms with Gasteiger partial charge in [0.05, 0.1) is 12.0 Å². The van der Waals surface area contributed by atoms with Gasteiger partial charge >= 0.3 is 0 Å². The molecule has 1 heterocycles. The van der Waals surface area contributed by atoms with E-state index >= 15 is 0 Å². The first kappa shape index (κ1) is 15.3. The molecule has 5 nitrogen and oxygen atoms in total. The normalized spacial score (nSPS) is 19.9. The van der Waals surface area contributed by atoms with Crippen LogP contribution in [-0.4, -0.2) is 34.7 Å². The zero-order chi connectivity index (χ0) is 14.8. The highest BCUT2D eigenvalue weighted by Gasteiger charge is 2.25. The SMILES string of the molecule is COc1cc(C)c(S(=O)(=O)N[C@H]2CCCNC2)c(C)c1. The summed E-state index contributed by atoms with van der Waals surface area (Å²) in [4.78, 5) is 0.365. The Kier molecular flexibility index (Phi) is 4.67. The molecule has 1 aliphatic rings. The topological polar surface area (TPSA) is 67.4 Å². The maximum absolute atomic E-state index is 12.6. The zero-order valence-corrected chi connectivity index (χ0v) is 13.0. The minimum atomic E-state index is -3.49. The maximum atomic E-state index is 12.6. The highest BCUT2D eigenvalue weighted by Crippen LogP contribution is 2.26. The molecule has 2 N–H and O–H groups in total. The molecule has 0 saturated carbocycles. The van der Waals surface area contributed by atoms with E-state index in [1.54, 1.807) is 33.1 Å². The second-order valence-corrected chi connectivity index (χ2v) is 6.91. The molecule has 0 aromatic heterocycles. The predicted octanol–water partition coefficient (Wildman–Crippen LogP) is 1.34. The van der Waals surface area contributed by atoms with Crippen molar-refractivity contribution in [1.29, 1.82) is 0 Å². The average molecular weight is 298 g/mol. The first-order valence-electron chi connectivity index (χ1n) is 6.82. The van der Waals surface area contributed by atoms with Crippen molar-refractivity contribution in [3.8, 4) is 5.75 Å². The van der Waals surface area contributed by atoms with Crippen molar-refractivity contribution in [2.75, 3.05) is 20.2 Å². The Bertz CT molecular complexity index is 555. The largest absolute Gasteiger partial charge is 0.497 e. The zero-order valence-electron chi connectivity index (χ0n) is 12.2. The van der Waals surface area contributed by atoms with Crippen LogP contribution < -0.4 is 14.8 Å². The van der Waals surface area contributed by atoms with Crippen molar-refractivity contribution in [3.63, 3.8) is 0 Å². The summed E-state index contributed by atoms with van der Waals surface area (Å²) < 4.78 is 33.1. The lowest BCUT2D eigenvalue weighted by Gasteiger charge is -2.24. The van der Waals surface area contributed by atoms with E-state index < -0.39 is 10.0 Å². The maximum Gasteiger partial charge on any atom is 0.241 e. The van der Waals surface area contributed by atoms with Crippen LogP contribution in [0.2, 0.25) is 0 Å². The van der Waals surface area contributed by atoms with Crippen LogP contribution in [0, 0.1) is 13.8 Å². The van der Waals surface area contributed by atoms with Gasteiger partial charge in [-0.3, -0.25) is 0 Å². The summed E-state index contributed by atoms with van der Waals surface area (Å²) in [5, 5.41) is 3.21.